The molecular weight excluding hydrogens is 396 g/mol. The van der Waals surface area contributed by atoms with Crippen molar-refractivity contribution in [2.45, 2.75) is 0 Å². The van der Waals surface area contributed by atoms with Gasteiger partial charge in [0.1, 0.15) is 12.4 Å². The third-order valence-corrected chi connectivity index (χ3v) is 3.74. The quantitative estimate of drug-likeness (QED) is 0.572. The highest BCUT2D eigenvalue weighted by Gasteiger charge is 2.14. The van der Waals surface area contributed by atoms with Gasteiger partial charge >= 0.3 is 11.9 Å². The summed E-state index contributed by atoms with van der Waals surface area (Å²) in [7, 11) is 1.88. The average molecular weight is 418 g/mol. The molecule has 0 saturated carbocycles. The Morgan fingerprint density at radius 1 is 1.03 bits per heavy atom. The zero-order chi connectivity index (χ0) is 21.9. The van der Waals surface area contributed by atoms with Gasteiger partial charge in [0.25, 0.3) is 0 Å². The molecule has 10 heteroatoms. The standard InChI is InChI=1S/C18H20N2O4.C2H2O4/c1-20(9-10-22-15-5-3-2-4-6-15)12-18(21)19-14-7-8-16-17(11-14)24-13-23-16;3-1(4)2(5)6/h2-8,11H,9-10,12-13H2,1H3,(H,19,21);(H,3,4)(H,5,6). The number of fused-ring (bicyclic) bond motifs is 1. The molecule has 0 unspecified atom stereocenters. The van der Waals surface area contributed by atoms with Gasteiger partial charge in [-0.2, -0.15) is 0 Å². The average Bonchev–Trinajstić information content (AvgIpc) is 3.17. The van der Waals surface area contributed by atoms with Crippen molar-refractivity contribution < 1.29 is 38.8 Å². The van der Waals surface area contributed by atoms with Gasteiger partial charge in [-0.25, -0.2) is 9.59 Å². The van der Waals surface area contributed by atoms with Crippen LogP contribution >= 0.6 is 0 Å². The Hall–Kier alpha value is -3.79. The lowest BCUT2D eigenvalue weighted by Crippen LogP contribution is -2.33. The van der Waals surface area contributed by atoms with Crippen LogP contribution in [-0.2, 0) is 14.4 Å². The van der Waals surface area contributed by atoms with Crippen molar-refractivity contribution in [3.8, 4) is 17.2 Å². The van der Waals surface area contributed by atoms with E-state index < -0.39 is 11.9 Å². The number of nitrogens with one attached hydrogen (secondary N) is 1. The molecule has 0 aromatic heterocycles. The van der Waals surface area contributed by atoms with Gasteiger partial charge in [-0.3, -0.25) is 9.69 Å². The van der Waals surface area contributed by atoms with Crippen molar-refractivity contribution in [1.82, 2.24) is 4.90 Å². The number of nitrogens with zero attached hydrogens (tertiary/aromatic N) is 1. The molecule has 1 aliphatic rings. The van der Waals surface area contributed by atoms with E-state index >= 15 is 0 Å². The van der Waals surface area contributed by atoms with Gasteiger partial charge in [0.15, 0.2) is 11.5 Å². The van der Waals surface area contributed by atoms with Crippen molar-refractivity contribution >= 4 is 23.5 Å². The van der Waals surface area contributed by atoms with Crippen LogP contribution in [0.3, 0.4) is 0 Å². The van der Waals surface area contributed by atoms with Crippen LogP contribution in [-0.4, -0.2) is 66.5 Å². The summed E-state index contributed by atoms with van der Waals surface area (Å²) in [6.07, 6.45) is 0. The Balaban J connectivity index is 0.000000469. The summed E-state index contributed by atoms with van der Waals surface area (Å²) in [4.78, 5) is 32.2. The number of aliphatic carboxylic acids is 2. The molecular formula is C20H22N2O8. The minimum absolute atomic E-state index is 0.0870. The molecule has 1 amide bonds. The van der Waals surface area contributed by atoms with Crippen LogP contribution < -0.4 is 19.5 Å². The maximum Gasteiger partial charge on any atom is 0.414 e. The number of carbonyl (C=O) groups excluding carboxylic acids is 1. The molecule has 1 heterocycles. The van der Waals surface area contributed by atoms with Crippen molar-refractivity contribution in [3.05, 3.63) is 48.5 Å². The Labute approximate surface area is 172 Å². The number of carbonyl (C=O) groups is 3. The summed E-state index contributed by atoms with van der Waals surface area (Å²) in [6, 6.07) is 15.0. The number of anilines is 1. The molecule has 10 nitrogen and oxygen atoms in total. The molecule has 0 saturated heterocycles. The van der Waals surface area contributed by atoms with E-state index in [1.807, 2.05) is 42.3 Å². The monoisotopic (exact) mass is 418 g/mol. The normalized spacial score (nSPS) is 11.3. The highest BCUT2D eigenvalue weighted by molar-refractivity contribution is 6.27. The summed E-state index contributed by atoms with van der Waals surface area (Å²) in [5.41, 5.74) is 0.693. The summed E-state index contributed by atoms with van der Waals surface area (Å²) < 4.78 is 16.2. The summed E-state index contributed by atoms with van der Waals surface area (Å²) in [5, 5.41) is 17.6. The highest BCUT2D eigenvalue weighted by Crippen LogP contribution is 2.34. The second kappa shape index (κ2) is 11.3. The van der Waals surface area contributed by atoms with E-state index in [4.69, 9.17) is 34.0 Å². The van der Waals surface area contributed by atoms with Crippen molar-refractivity contribution in [2.24, 2.45) is 0 Å². The fraction of sp³-hybridized carbons (Fsp3) is 0.250. The zero-order valence-corrected chi connectivity index (χ0v) is 16.2. The number of benzene rings is 2. The zero-order valence-electron chi connectivity index (χ0n) is 16.2. The predicted octanol–water partition coefficient (Wildman–Crippen LogP) is 1.52. The summed E-state index contributed by atoms with van der Waals surface area (Å²) in [5.74, 6) is -1.56. The van der Waals surface area contributed by atoms with Crippen molar-refractivity contribution in [1.29, 1.82) is 0 Å². The van der Waals surface area contributed by atoms with Crippen LogP contribution in [0.25, 0.3) is 0 Å². The molecule has 0 bridgehead atoms. The topological polar surface area (TPSA) is 135 Å². The minimum Gasteiger partial charge on any atom is -0.492 e. The molecule has 0 aliphatic carbocycles. The molecule has 0 radical (unpaired) electrons. The number of hydrogen-bond acceptors (Lipinski definition) is 7. The van der Waals surface area contributed by atoms with Crippen LogP contribution in [0.4, 0.5) is 5.69 Å². The number of carboxylic acids is 2. The van der Waals surface area contributed by atoms with Gasteiger partial charge in [-0.05, 0) is 31.3 Å². The molecule has 3 N–H and O–H groups in total. The molecule has 2 aromatic rings. The second-order valence-electron chi connectivity index (χ2n) is 6.13. The van der Waals surface area contributed by atoms with E-state index in [2.05, 4.69) is 5.32 Å². The smallest absolute Gasteiger partial charge is 0.414 e. The Morgan fingerprint density at radius 3 is 2.37 bits per heavy atom. The van der Waals surface area contributed by atoms with E-state index in [1.54, 1.807) is 18.2 Å². The molecule has 2 aromatic carbocycles. The van der Waals surface area contributed by atoms with Gasteiger partial charge in [-0.15, -0.1) is 0 Å². The Bertz CT molecular complexity index is 860. The first-order valence-electron chi connectivity index (χ1n) is 8.87. The van der Waals surface area contributed by atoms with Crippen molar-refractivity contribution in [2.75, 3.05) is 38.9 Å². The van der Waals surface area contributed by atoms with Crippen LogP contribution in [0.5, 0.6) is 17.2 Å². The van der Waals surface area contributed by atoms with Crippen LogP contribution in [0.15, 0.2) is 48.5 Å². The number of carboxylic acid groups (broad SMARTS) is 2. The molecule has 0 spiro atoms. The van der Waals surface area contributed by atoms with Crippen LogP contribution in [0, 0.1) is 0 Å². The van der Waals surface area contributed by atoms with Gasteiger partial charge < -0.3 is 29.7 Å². The van der Waals surface area contributed by atoms with Crippen LogP contribution in [0.1, 0.15) is 0 Å². The molecule has 30 heavy (non-hydrogen) atoms. The first-order valence-corrected chi connectivity index (χ1v) is 8.87. The number of rotatable bonds is 7. The Morgan fingerprint density at radius 2 is 1.70 bits per heavy atom. The highest BCUT2D eigenvalue weighted by atomic mass is 16.7. The van der Waals surface area contributed by atoms with Crippen molar-refractivity contribution in [3.63, 3.8) is 0 Å². The third kappa shape index (κ3) is 7.68. The molecule has 160 valence electrons. The first-order chi connectivity index (χ1) is 14.3. The first kappa shape index (κ1) is 22.5. The largest absolute Gasteiger partial charge is 0.492 e. The lowest BCUT2D eigenvalue weighted by molar-refractivity contribution is -0.159. The fourth-order valence-electron chi connectivity index (χ4n) is 2.34. The summed E-state index contributed by atoms with van der Waals surface area (Å²) in [6.45, 7) is 1.69. The fourth-order valence-corrected chi connectivity index (χ4v) is 2.34. The maximum absolute atomic E-state index is 12.1. The molecule has 3 rings (SSSR count). The lowest BCUT2D eigenvalue weighted by Gasteiger charge is -2.16. The maximum atomic E-state index is 12.1. The summed E-state index contributed by atoms with van der Waals surface area (Å²) >= 11 is 0. The van der Waals surface area contributed by atoms with Gasteiger partial charge in [0.2, 0.25) is 12.7 Å². The molecule has 1 aliphatic heterocycles. The number of para-hydroxylation sites is 1. The minimum atomic E-state index is -1.82. The Kier molecular flexibility index (Phi) is 8.45. The molecule has 0 fully saturated rings. The number of ether oxygens (including phenoxy) is 3. The third-order valence-electron chi connectivity index (χ3n) is 3.74. The number of likely N-dealkylation sites (N-methyl/N-ethyl adjacent to an activating group) is 1. The van der Waals surface area contributed by atoms with Crippen LogP contribution in [0.2, 0.25) is 0 Å². The van der Waals surface area contributed by atoms with Gasteiger partial charge in [-0.1, -0.05) is 18.2 Å². The predicted molar refractivity (Wildman–Crippen MR) is 106 cm³/mol. The lowest BCUT2D eigenvalue weighted by atomic mass is 10.2. The second-order valence-corrected chi connectivity index (χ2v) is 6.13. The molecule has 0 atom stereocenters. The van der Waals surface area contributed by atoms with E-state index in [1.165, 1.54) is 0 Å². The SMILES string of the molecule is CN(CCOc1ccccc1)CC(=O)Nc1ccc2c(c1)OCO2.O=C(O)C(=O)O. The van der Waals surface area contributed by atoms with E-state index in [0.717, 1.165) is 5.75 Å². The van der Waals surface area contributed by atoms with E-state index in [0.29, 0.717) is 30.3 Å². The van der Waals surface area contributed by atoms with E-state index in [-0.39, 0.29) is 19.2 Å². The number of amides is 1. The number of hydrogen-bond donors (Lipinski definition) is 3. The van der Waals surface area contributed by atoms with Gasteiger partial charge in [0.05, 0.1) is 6.54 Å². The van der Waals surface area contributed by atoms with E-state index in [9.17, 15) is 4.79 Å². The van der Waals surface area contributed by atoms with Gasteiger partial charge in [0, 0.05) is 18.3 Å².